The lowest BCUT2D eigenvalue weighted by molar-refractivity contribution is 0.235. The van der Waals surface area contributed by atoms with Crippen molar-refractivity contribution in [2.75, 3.05) is 26.3 Å². The Morgan fingerprint density at radius 3 is 2.00 bits per heavy atom. The molecule has 0 spiro atoms. The van der Waals surface area contributed by atoms with Crippen LogP contribution in [0.4, 0.5) is 4.39 Å². The minimum Gasteiger partial charge on any atom is -0.301 e. The summed E-state index contributed by atoms with van der Waals surface area (Å²) >= 11 is 0. The van der Waals surface area contributed by atoms with Gasteiger partial charge in [0, 0.05) is 6.54 Å². The number of alkyl halides is 1. The lowest BCUT2D eigenvalue weighted by Crippen LogP contribution is -2.28. The fourth-order valence-corrected chi connectivity index (χ4v) is 1.21. The van der Waals surface area contributed by atoms with E-state index in [1.807, 2.05) is 13.8 Å². The van der Waals surface area contributed by atoms with Crippen LogP contribution >= 0.6 is 0 Å². The van der Waals surface area contributed by atoms with Gasteiger partial charge in [0.1, 0.15) is 6.67 Å². The molecule has 2 heteroatoms. The summed E-state index contributed by atoms with van der Waals surface area (Å²) < 4.78 is 12.0. The van der Waals surface area contributed by atoms with Gasteiger partial charge in [-0.15, -0.1) is 0 Å². The Morgan fingerprint density at radius 2 is 1.64 bits per heavy atom. The van der Waals surface area contributed by atoms with Gasteiger partial charge in [-0.05, 0) is 31.8 Å². The third-order valence-electron chi connectivity index (χ3n) is 1.96. The van der Waals surface area contributed by atoms with E-state index >= 15 is 0 Å². The normalized spacial score (nSPS) is 10.3. The highest BCUT2D eigenvalue weighted by atomic mass is 19.1. The molecule has 0 aliphatic carbocycles. The van der Waals surface area contributed by atoms with Crippen molar-refractivity contribution in [2.24, 2.45) is 5.92 Å². The SMILES string of the molecule is CC.CCCN(CCF)CCC(C)C. The van der Waals surface area contributed by atoms with E-state index in [2.05, 4.69) is 25.7 Å². The predicted molar refractivity (Wildman–Crippen MR) is 63.5 cm³/mol. The van der Waals surface area contributed by atoms with Gasteiger partial charge in [0.05, 0.1) is 0 Å². The summed E-state index contributed by atoms with van der Waals surface area (Å²) in [6, 6.07) is 0. The number of nitrogens with zero attached hydrogens (tertiary/aromatic N) is 1. The monoisotopic (exact) mass is 205 g/mol. The zero-order chi connectivity index (χ0) is 11.4. The van der Waals surface area contributed by atoms with Gasteiger partial charge in [0.25, 0.3) is 0 Å². The van der Waals surface area contributed by atoms with E-state index in [0.717, 1.165) is 25.4 Å². The topological polar surface area (TPSA) is 3.24 Å². The van der Waals surface area contributed by atoms with Crippen molar-refractivity contribution in [1.82, 2.24) is 4.90 Å². The average Bonchev–Trinajstić information content (AvgIpc) is 2.18. The Hall–Kier alpha value is -0.110. The summed E-state index contributed by atoms with van der Waals surface area (Å²) in [4.78, 5) is 2.21. The summed E-state index contributed by atoms with van der Waals surface area (Å²) in [6.45, 7) is 13.0. The number of hydrogen-bond donors (Lipinski definition) is 0. The predicted octanol–water partition coefficient (Wildman–Crippen LogP) is 3.74. The molecule has 0 aromatic heterocycles. The first-order valence-electron chi connectivity index (χ1n) is 5.99. The van der Waals surface area contributed by atoms with Crippen molar-refractivity contribution < 1.29 is 4.39 Å². The first-order valence-corrected chi connectivity index (χ1v) is 5.99. The standard InChI is InChI=1S/C10H22FN.C2H6/c1-4-7-12(9-6-11)8-5-10(2)3;1-2/h10H,4-9H2,1-3H3;1-2H3. The third-order valence-corrected chi connectivity index (χ3v) is 1.96. The van der Waals surface area contributed by atoms with Gasteiger partial charge < -0.3 is 4.90 Å². The molecule has 0 amide bonds. The van der Waals surface area contributed by atoms with E-state index in [9.17, 15) is 4.39 Å². The molecule has 0 aliphatic rings. The van der Waals surface area contributed by atoms with Crippen LogP contribution in [0.2, 0.25) is 0 Å². The zero-order valence-electron chi connectivity index (χ0n) is 10.6. The first-order chi connectivity index (χ1) is 6.70. The Kier molecular flexibility index (Phi) is 15.0. The molecule has 0 unspecified atom stereocenters. The van der Waals surface area contributed by atoms with Gasteiger partial charge in [0.15, 0.2) is 0 Å². The number of halogens is 1. The second-order valence-electron chi connectivity index (χ2n) is 3.71. The van der Waals surface area contributed by atoms with Crippen molar-refractivity contribution in [3.63, 3.8) is 0 Å². The highest BCUT2D eigenvalue weighted by Crippen LogP contribution is 2.02. The molecule has 0 aliphatic heterocycles. The smallest absolute Gasteiger partial charge is 0.102 e. The van der Waals surface area contributed by atoms with Gasteiger partial charge in [-0.2, -0.15) is 0 Å². The molecule has 14 heavy (non-hydrogen) atoms. The molecule has 0 radical (unpaired) electrons. The minimum absolute atomic E-state index is 0.210. The maximum atomic E-state index is 12.0. The largest absolute Gasteiger partial charge is 0.301 e. The van der Waals surface area contributed by atoms with Gasteiger partial charge in [-0.1, -0.05) is 34.6 Å². The highest BCUT2D eigenvalue weighted by Gasteiger charge is 2.03. The van der Waals surface area contributed by atoms with E-state index in [4.69, 9.17) is 0 Å². The summed E-state index contributed by atoms with van der Waals surface area (Å²) in [5.41, 5.74) is 0. The second-order valence-corrected chi connectivity index (χ2v) is 3.71. The molecule has 0 bridgehead atoms. The van der Waals surface area contributed by atoms with E-state index in [1.165, 1.54) is 6.42 Å². The minimum atomic E-state index is -0.210. The molecule has 0 saturated heterocycles. The summed E-state index contributed by atoms with van der Waals surface area (Å²) in [5.74, 6) is 0.726. The fourth-order valence-electron chi connectivity index (χ4n) is 1.21. The fraction of sp³-hybridized carbons (Fsp3) is 1.00. The van der Waals surface area contributed by atoms with Gasteiger partial charge in [-0.3, -0.25) is 0 Å². The van der Waals surface area contributed by atoms with Crippen molar-refractivity contribution in [3.8, 4) is 0 Å². The van der Waals surface area contributed by atoms with E-state index in [-0.39, 0.29) is 6.67 Å². The number of hydrogen-bond acceptors (Lipinski definition) is 1. The molecule has 0 N–H and O–H groups in total. The van der Waals surface area contributed by atoms with Crippen molar-refractivity contribution in [3.05, 3.63) is 0 Å². The molecule has 1 nitrogen and oxygen atoms in total. The summed E-state index contributed by atoms with van der Waals surface area (Å²) in [5, 5.41) is 0. The van der Waals surface area contributed by atoms with Crippen molar-refractivity contribution in [2.45, 2.75) is 47.5 Å². The second kappa shape index (κ2) is 12.9. The number of rotatable bonds is 7. The molecule has 88 valence electrons. The van der Waals surface area contributed by atoms with Crippen LogP contribution < -0.4 is 0 Å². The van der Waals surface area contributed by atoms with Crippen LogP contribution in [0.3, 0.4) is 0 Å². The van der Waals surface area contributed by atoms with Crippen molar-refractivity contribution in [1.29, 1.82) is 0 Å². The molecular formula is C12H28FN. The van der Waals surface area contributed by atoms with Gasteiger partial charge in [0.2, 0.25) is 0 Å². The Morgan fingerprint density at radius 1 is 1.07 bits per heavy atom. The van der Waals surface area contributed by atoms with Gasteiger partial charge >= 0.3 is 0 Å². The molecule has 0 aromatic carbocycles. The molecular weight excluding hydrogens is 177 g/mol. The average molecular weight is 205 g/mol. The van der Waals surface area contributed by atoms with Crippen molar-refractivity contribution >= 4 is 0 Å². The zero-order valence-corrected chi connectivity index (χ0v) is 10.6. The quantitative estimate of drug-likeness (QED) is 0.612. The van der Waals surface area contributed by atoms with Crippen LogP contribution in [0.1, 0.15) is 47.5 Å². The molecule has 0 atom stereocenters. The van der Waals surface area contributed by atoms with Crippen LogP contribution in [-0.2, 0) is 0 Å². The third kappa shape index (κ3) is 11.9. The van der Waals surface area contributed by atoms with Crippen LogP contribution in [0.15, 0.2) is 0 Å². The lowest BCUT2D eigenvalue weighted by atomic mass is 10.1. The van der Waals surface area contributed by atoms with Crippen LogP contribution in [0.25, 0.3) is 0 Å². The first kappa shape index (κ1) is 16.3. The van der Waals surface area contributed by atoms with Crippen LogP contribution in [0, 0.1) is 5.92 Å². The summed E-state index contributed by atoms with van der Waals surface area (Å²) in [6.07, 6.45) is 2.30. The highest BCUT2D eigenvalue weighted by molar-refractivity contribution is 4.57. The van der Waals surface area contributed by atoms with E-state index < -0.39 is 0 Å². The van der Waals surface area contributed by atoms with E-state index in [1.54, 1.807) is 0 Å². The molecule has 0 fully saturated rings. The lowest BCUT2D eigenvalue weighted by Gasteiger charge is -2.20. The maximum Gasteiger partial charge on any atom is 0.102 e. The molecule has 0 saturated carbocycles. The summed E-state index contributed by atoms with van der Waals surface area (Å²) in [7, 11) is 0. The van der Waals surface area contributed by atoms with Gasteiger partial charge in [-0.25, -0.2) is 4.39 Å². The Balaban J connectivity index is 0. The Bertz CT molecular complexity index is 88.3. The van der Waals surface area contributed by atoms with Crippen LogP contribution in [0.5, 0.6) is 0 Å². The Labute approximate surface area is 89.7 Å². The van der Waals surface area contributed by atoms with Crippen LogP contribution in [-0.4, -0.2) is 31.2 Å². The van der Waals surface area contributed by atoms with E-state index in [0.29, 0.717) is 6.54 Å². The molecule has 0 rings (SSSR count). The molecule has 0 aromatic rings. The maximum absolute atomic E-state index is 12.0. The molecule has 0 heterocycles.